The van der Waals surface area contributed by atoms with Gasteiger partial charge in [-0.2, -0.15) is 0 Å². The second-order valence-electron chi connectivity index (χ2n) is 21.4. The van der Waals surface area contributed by atoms with Gasteiger partial charge < -0.3 is 47.4 Å². The summed E-state index contributed by atoms with van der Waals surface area (Å²) in [6.07, 6.45) is -1.28. The Labute approximate surface area is 382 Å². The Hall–Kier alpha value is -3.17. The number of methoxy groups -OCH3 is 2. The predicted molar refractivity (Wildman–Crippen MR) is 247 cm³/mol. The Kier molecular flexibility index (Phi) is 14.1. The maximum absolute atomic E-state index is 16.4. The van der Waals surface area contributed by atoms with E-state index in [1.165, 1.54) is 0 Å². The average molecular weight is 903 g/mol. The van der Waals surface area contributed by atoms with Crippen LogP contribution in [0.3, 0.4) is 0 Å². The minimum atomic E-state index is -2.57. The first-order valence-electron chi connectivity index (χ1n) is 23.1. The van der Waals surface area contributed by atoms with Gasteiger partial charge in [0, 0.05) is 23.7 Å². The number of ether oxygens (including phenoxy) is 8. The van der Waals surface area contributed by atoms with Crippen LogP contribution in [0.4, 0.5) is 0 Å². The van der Waals surface area contributed by atoms with E-state index in [9.17, 15) is 5.11 Å². The number of benzene rings is 3. The summed E-state index contributed by atoms with van der Waals surface area (Å²) in [5, 5.41) is 13.4. The summed E-state index contributed by atoms with van der Waals surface area (Å²) in [6, 6.07) is 25.5. The van der Waals surface area contributed by atoms with Crippen LogP contribution in [0.15, 0.2) is 78.9 Å². The number of hydrogen-bond acceptors (Lipinski definition) is 11. The third kappa shape index (κ3) is 9.25. The lowest BCUT2D eigenvalue weighted by molar-refractivity contribution is -0.277. The lowest BCUT2D eigenvalue weighted by Gasteiger charge is -2.58. The van der Waals surface area contributed by atoms with Crippen molar-refractivity contribution in [1.82, 2.24) is 0 Å². The van der Waals surface area contributed by atoms with Gasteiger partial charge in [0.1, 0.15) is 30.0 Å². The number of hydrogen-bond donors (Lipinski definition) is 1. The van der Waals surface area contributed by atoms with Gasteiger partial charge in [-0.25, -0.2) is 0 Å². The van der Waals surface area contributed by atoms with Gasteiger partial charge in [-0.3, -0.25) is 4.79 Å². The van der Waals surface area contributed by atoms with Gasteiger partial charge >= 0.3 is 0 Å². The van der Waals surface area contributed by atoms with Gasteiger partial charge in [-0.15, -0.1) is 0 Å². The maximum Gasteiger partial charge on any atom is 0.192 e. The molecule has 352 valence electrons. The van der Waals surface area contributed by atoms with Crippen LogP contribution < -0.4 is 9.47 Å². The second kappa shape index (κ2) is 18.5. The molecular weight excluding hydrogens is 829 g/mol. The summed E-state index contributed by atoms with van der Waals surface area (Å²) >= 11 is 0. The molecule has 3 aromatic rings. The van der Waals surface area contributed by atoms with Crippen molar-refractivity contribution in [3.05, 3.63) is 95.6 Å². The van der Waals surface area contributed by atoms with E-state index in [0.29, 0.717) is 32.3 Å². The van der Waals surface area contributed by atoms with E-state index in [2.05, 4.69) is 47.7 Å². The first kappa shape index (κ1) is 48.8. The van der Waals surface area contributed by atoms with E-state index in [0.717, 1.165) is 28.2 Å². The van der Waals surface area contributed by atoms with E-state index in [4.69, 9.17) is 42.3 Å². The molecule has 1 aliphatic heterocycles. The summed E-state index contributed by atoms with van der Waals surface area (Å²) in [7, 11) is 0.720. The number of aliphatic hydroxyl groups is 1. The highest BCUT2D eigenvalue weighted by Crippen LogP contribution is 2.64. The molecule has 1 spiro atoms. The minimum absolute atomic E-state index is 0.0592. The van der Waals surface area contributed by atoms with Crippen molar-refractivity contribution in [3.8, 4) is 11.5 Å². The van der Waals surface area contributed by atoms with Crippen molar-refractivity contribution in [2.45, 2.75) is 160 Å². The van der Waals surface area contributed by atoms with Crippen LogP contribution >= 0.6 is 0 Å². The van der Waals surface area contributed by atoms with E-state index in [-0.39, 0.29) is 43.4 Å². The summed E-state index contributed by atoms with van der Waals surface area (Å²) in [4.78, 5) is 16.4. The Morgan fingerprint density at radius 3 is 1.86 bits per heavy atom. The van der Waals surface area contributed by atoms with Gasteiger partial charge in [0.05, 0.1) is 70.0 Å². The van der Waals surface area contributed by atoms with Crippen molar-refractivity contribution >= 4 is 14.1 Å². The quantitative estimate of drug-likeness (QED) is 0.0892. The van der Waals surface area contributed by atoms with Crippen LogP contribution in [0.25, 0.3) is 0 Å². The van der Waals surface area contributed by atoms with Crippen LogP contribution in [0.1, 0.15) is 97.8 Å². The molecule has 4 fully saturated rings. The number of fused-ring (bicyclic) bond motifs is 4. The molecule has 0 radical (unpaired) electrons. The number of rotatable bonds is 15. The zero-order valence-electron chi connectivity index (χ0n) is 40.4. The molecule has 3 aliphatic carbocycles. The Morgan fingerprint density at radius 1 is 0.734 bits per heavy atom. The normalized spacial score (nSPS) is 32.4. The van der Waals surface area contributed by atoms with Crippen LogP contribution in [0.5, 0.6) is 11.5 Å². The molecule has 0 aromatic heterocycles. The fraction of sp³-hybridized carbons (Fsp3) is 0.635. The first-order valence-corrected chi connectivity index (χ1v) is 26.0. The molecule has 2 bridgehead atoms. The smallest absolute Gasteiger partial charge is 0.192 e. The lowest BCUT2D eigenvalue weighted by atomic mass is 9.53. The summed E-state index contributed by atoms with van der Waals surface area (Å²) in [5.74, 6) is -0.593. The molecule has 1 N–H and O–H groups in total. The largest absolute Gasteiger partial charge is 0.497 e. The predicted octanol–water partition coefficient (Wildman–Crippen LogP) is 9.81. The standard InChI is InChI=1S/C52H74O11Si/c1-47(2,3)64(11,12)62-44-28-41-50(8,46(53)45(40-26-27-52(44,54)48(40,4)5)59-32-37-20-24-39(56-10)25-21-37)42(60-34-57-30-35-16-14-13-15-17-35)29-43(51(41)33-61-49(6,7)63-51)58-31-36-18-22-38(55-9)23-19-36/h13-25,40-45,54H,26-34H2,1-12H3/t40?,41-,42-,43+,44-,45+,50-,51+,52?/m0/s1. The lowest BCUT2D eigenvalue weighted by Crippen LogP contribution is -2.70. The number of carbonyl (C=O) groups excluding carboxylic acids is 1. The SMILES string of the molecule is COc1ccc(CO[C@H]2C(=O)[C@]3(C)[C@@H](OCOCc4ccccc4)C[C@@H](OCc4ccc(OC)cc4)[C@@]4(COC(C)(C)O4)[C@H]3C[C@H](O[Si](C)(C)C(C)(C)C)C3(O)CCC2C3(C)C)cc1. The van der Waals surface area contributed by atoms with Crippen LogP contribution in [0, 0.1) is 22.7 Å². The summed E-state index contributed by atoms with van der Waals surface area (Å²) < 4.78 is 59.6. The maximum atomic E-state index is 16.4. The first-order chi connectivity index (χ1) is 30.1. The summed E-state index contributed by atoms with van der Waals surface area (Å²) in [6.45, 7) is 22.1. The van der Waals surface area contributed by atoms with E-state index >= 15 is 4.79 Å². The van der Waals surface area contributed by atoms with Crippen LogP contribution in [-0.2, 0) is 57.5 Å². The monoisotopic (exact) mass is 903 g/mol. The highest BCUT2D eigenvalue weighted by molar-refractivity contribution is 6.74. The molecule has 64 heavy (non-hydrogen) atoms. The molecule has 1 heterocycles. The van der Waals surface area contributed by atoms with E-state index in [1.807, 2.05) is 99.6 Å². The average Bonchev–Trinajstić information content (AvgIpc) is 3.71. The van der Waals surface area contributed by atoms with Crippen molar-refractivity contribution in [3.63, 3.8) is 0 Å². The Balaban J connectivity index is 1.38. The summed E-state index contributed by atoms with van der Waals surface area (Å²) in [5.41, 5.74) is -1.69. The van der Waals surface area contributed by atoms with Gasteiger partial charge in [0.25, 0.3) is 0 Å². The van der Waals surface area contributed by atoms with Crippen LogP contribution in [-0.4, -0.2) is 88.2 Å². The molecular formula is C52H74O11Si. The highest BCUT2D eigenvalue weighted by Gasteiger charge is 2.73. The van der Waals surface area contributed by atoms with E-state index in [1.54, 1.807) is 14.2 Å². The number of carbonyl (C=O) groups is 1. The van der Waals surface area contributed by atoms with Crippen molar-refractivity contribution in [2.24, 2.45) is 22.7 Å². The van der Waals surface area contributed by atoms with Crippen molar-refractivity contribution in [1.29, 1.82) is 0 Å². The fourth-order valence-electron chi connectivity index (χ4n) is 10.9. The van der Waals surface area contributed by atoms with Gasteiger partial charge in [0.15, 0.2) is 19.9 Å². The second-order valence-corrected chi connectivity index (χ2v) is 26.2. The van der Waals surface area contributed by atoms with Crippen LogP contribution in [0.2, 0.25) is 18.1 Å². The molecule has 4 aliphatic rings. The minimum Gasteiger partial charge on any atom is -0.497 e. The van der Waals surface area contributed by atoms with Gasteiger partial charge in [0.2, 0.25) is 0 Å². The molecule has 3 saturated carbocycles. The van der Waals surface area contributed by atoms with Crippen molar-refractivity contribution in [2.75, 3.05) is 27.6 Å². The molecule has 11 nitrogen and oxygen atoms in total. The molecule has 12 heteroatoms. The molecule has 7 rings (SSSR count). The molecule has 9 atom stereocenters. The Bertz CT molecular complexity index is 2030. The third-order valence-electron chi connectivity index (χ3n) is 16.0. The number of Topliss-reactive ketones (excluding diaryl/α,β-unsaturated/α-hetero) is 1. The molecule has 2 unspecified atom stereocenters. The Morgan fingerprint density at radius 2 is 1.31 bits per heavy atom. The van der Waals surface area contributed by atoms with Gasteiger partial charge in [-0.1, -0.05) is 89.2 Å². The molecule has 3 aromatic carbocycles. The molecule has 1 saturated heterocycles. The topological polar surface area (TPSA) is 120 Å². The fourth-order valence-corrected chi connectivity index (χ4v) is 12.3. The van der Waals surface area contributed by atoms with E-state index < -0.39 is 66.5 Å². The number of ketones is 1. The zero-order valence-corrected chi connectivity index (χ0v) is 41.4. The zero-order chi connectivity index (χ0) is 46.3. The van der Waals surface area contributed by atoms with Crippen molar-refractivity contribution < 1.29 is 52.2 Å². The van der Waals surface area contributed by atoms with Gasteiger partial charge in [-0.05, 0) is 99.1 Å². The third-order valence-corrected chi connectivity index (χ3v) is 20.4. The highest BCUT2D eigenvalue weighted by atomic mass is 28.4. The molecule has 0 amide bonds.